The van der Waals surface area contributed by atoms with Crippen molar-refractivity contribution in [1.29, 1.82) is 0 Å². The zero-order valence-electron chi connectivity index (χ0n) is 17.7. The second-order valence-electron chi connectivity index (χ2n) is 8.22. The minimum Gasteiger partial charge on any atom is -0.388 e. The van der Waals surface area contributed by atoms with E-state index in [1.165, 1.54) is 5.56 Å². The molecule has 0 radical (unpaired) electrons. The van der Waals surface area contributed by atoms with Gasteiger partial charge in [0.1, 0.15) is 0 Å². The molecule has 0 saturated heterocycles. The molecule has 0 spiro atoms. The molecule has 2 nitrogen and oxygen atoms in total. The van der Waals surface area contributed by atoms with E-state index >= 15 is 0 Å². The Balaban J connectivity index is 2.76. The molecule has 0 aliphatic rings. The first-order chi connectivity index (χ1) is 12.7. The van der Waals surface area contributed by atoms with Crippen LogP contribution in [0.1, 0.15) is 101 Å². The van der Waals surface area contributed by atoms with Crippen molar-refractivity contribution in [1.82, 2.24) is 0 Å². The Hall–Kier alpha value is -1.45. The Morgan fingerprint density at radius 2 is 1.37 bits per heavy atom. The predicted molar refractivity (Wildman–Crippen MR) is 115 cm³/mol. The lowest BCUT2D eigenvalue weighted by molar-refractivity contribution is 0.170. The lowest BCUT2D eigenvalue weighted by atomic mass is 9.89. The summed E-state index contributed by atoms with van der Waals surface area (Å²) in [5.41, 5.74) is 4.38. The van der Waals surface area contributed by atoms with Gasteiger partial charge in [0, 0.05) is 4.90 Å². The van der Waals surface area contributed by atoms with Gasteiger partial charge < -0.3 is 5.11 Å². The molecule has 2 aromatic carbocycles. The van der Waals surface area contributed by atoms with Gasteiger partial charge in [-0.25, -0.2) is 4.21 Å². The number of hydrogen-bond donors (Lipinski definition) is 1. The van der Waals surface area contributed by atoms with Gasteiger partial charge in [-0.05, 0) is 52.5 Å². The highest BCUT2D eigenvalue weighted by atomic mass is 32.2. The van der Waals surface area contributed by atoms with Gasteiger partial charge in [0.2, 0.25) is 0 Å². The van der Waals surface area contributed by atoms with Crippen LogP contribution in [0.15, 0.2) is 46.2 Å². The molecule has 148 valence electrons. The average Bonchev–Trinajstić information content (AvgIpc) is 2.65. The SMILES string of the molecule is CC[C@H](O)c1ccccc1S(=O)c1c(C(C)C)cc(C(C)C)cc1C(C)C. The maximum atomic E-state index is 13.8. The third-order valence-electron chi connectivity index (χ3n) is 5.13. The minimum atomic E-state index is -1.33. The Labute approximate surface area is 167 Å². The first-order valence-corrected chi connectivity index (χ1v) is 11.2. The van der Waals surface area contributed by atoms with Crippen molar-refractivity contribution in [2.75, 3.05) is 0 Å². The van der Waals surface area contributed by atoms with Crippen LogP contribution >= 0.6 is 0 Å². The van der Waals surface area contributed by atoms with Crippen molar-refractivity contribution in [3.63, 3.8) is 0 Å². The second-order valence-corrected chi connectivity index (χ2v) is 9.61. The largest absolute Gasteiger partial charge is 0.388 e. The summed E-state index contributed by atoms with van der Waals surface area (Å²) in [5.74, 6) is 0.989. The normalized spacial score (nSPS) is 14.2. The zero-order valence-corrected chi connectivity index (χ0v) is 18.6. The Morgan fingerprint density at radius 1 is 0.852 bits per heavy atom. The van der Waals surface area contributed by atoms with Crippen LogP contribution < -0.4 is 0 Å². The molecule has 0 amide bonds. The van der Waals surface area contributed by atoms with Gasteiger partial charge in [-0.15, -0.1) is 0 Å². The maximum Gasteiger partial charge on any atom is 0.0859 e. The Kier molecular flexibility index (Phi) is 7.41. The molecular weight excluding hydrogens is 352 g/mol. The summed E-state index contributed by atoms with van der Waals surface area (Å²) in [7, 11) is -1.33. The maximum absolute atomic E-state index is 13.8. The second kappa shape index (κ2) is 9.16. The van der Waals surface area contributed by atoms with Crippen LogP contribution in [-0.2, 0) is 10.8 Å². The molecule has 0 heterocycles. The average molecular weight is 387 g/mol. The predicted octanol–water partition coefficient (Wildman–Crippen LogP) is 6.67. The van der Waals surface area contributed by atoms with Gasteiger partial charge in [-0.2, -0.15) is 0 Å². The molecule has 0 aliphatic heterocycles. The molecule has 0 aromatic heterocycles. The fourth-order valence-electron chi connectivity index (χ4n) is 3.36. The smallest absolute Gasteiger partial charge is 0.0859 e. The van der Waals surface area contributed by atoms with Crippen molar-refractivity contribution in [3.8, 4) is 0 Å². The first kappa shape index (κ1) is 21.8. The standard InChI is InChI=1S/C24H34O2S/c1-8-22(25)19-11-9-10-12-23(19)27(26)24-20(16(4)5)13-18(15(2)3)14-21(24)17(6)7/h9-17,22,25H,8H2,1-7H3/t22-,27?/m0/s1. The lowest BCUT2D eigenvalue weighted by Gasteiger charge is -2.23. The molecule has 0 fully saturated rings. The number of benzene rings is 2. The van der Waals surface area contributed by atoms with Crippen LogP contribution in [0.25, 0.3) is 0 Å². The fraction of sp³-hybridized carbons (Fsp3) is 0.500. The van der Waals surface area contributed by atoms with E-state index in [4.69, 9.17) is 0 Å². The summed E-state index contributed by atoms with van der Waals surface area (Å²) in [5, 5.41) is 10.4. The van der Waals surface area contributed by atoms with Gasteiger partial charge in [-0.1, -0.05) is 78.8 Å². The summed E-state index contributed by atoms with van der Waals surface area (Å²) < 4.78 is 13.8. The van der Waals surface area contributed by atoms with E-state index in [0.717, 1.165) is 26.5 Å². The molecule has 1 unspecified atom stereocenters. The highest BCUT2D eigenvalue weighted by Gasteiger charge is 2.24. The van der Waals surface area contributed by atoms with Crippen LogP contribution in [0.5, 0.6) is 0 Å². The van der Waals surface area contributed by atoms with Gasteiger partial charge >= 0.3 is 0 Å². The molecular formula is C24H34O2S. The number of rotatable bonds is 7. The summed E-state index contributed by atoms with van der Waals surface area (Å²) in [6.45, 7) is 15.0. The van der Waals surface area contributed by atoms with Crippen molar-refractivity contribution in [3.05, 3.63) is 58.7 Å². The van der Waals surface area contributed by atoms with Crippen LogP contribution in [-0.4, -0.2) is 9.32 Å². The van der Waals surface area contributed by atoms with E-state index in [9.17, 15) is 9.32 Å². The number of hydrogen-bond acceptors (Lipinski definition) is 2. The van der Waals surface area contributed by atoms with Crippen LogP contribution in [0.4, 0.5) is 0 Å². The number of aliphatic hydroxyl groups is 1. The van der Waals surface area contributed by atoms with Gasteiger partial charge in [0.15, 0.2) is 0 Å². The van der Waals surface area contributed by atoms with E-state index < -0.39 is 16.9 Å². The van der Waals surface area contributed by atoms with Gasteiger partial charge in [0.05, 0.1) is 21.8 Å². The molecule has 2 atom stereocenters. The molecule has 0 bridgehead atoms. The Bertz CT molecular complexity index is 777. The van der Waals surface area contributed by atoms with Gasteiger partial charge in [0.25, 0.3) is 0 Å². The summed E-state index contributed by atoms with van der Waals surface area (Å²) >= 11 is 0. The van der Waals surface area contributed by atoms with Crippen LogP contribution in [0.3, 0.4) is 0 Å². The molecule has 2 rings (SSSR count). The van der Waals surface area contributed by atoms with Gasteiger partial charge in [-0.3, -0.25) is 0 Å². The van der Waals surface area contributed by atoms with E-state index in [2.05, 4.69) is 53.7 Å². The molecule has 3 heteroatoms. The summed E-state index contributed by atoms with van der Waals surface area (Å²) in [6.07, 6.45) is 0.0132. The van der Waals surface area contributed by atoms with E-state index in [1.54, 1.807) is 0 Å². The van der Waals surface area contributed by atoms with Crippen molar-refractivity contribution >= 4 is 10.8 Å². The van der Waals surface area contributed by atoms with E-state index in [1.807, 2.05) is 31.2 Å². The molecule has 2 aromatic rings. The third kappa shape index (κ3) is 4.70. The number of aliphatic hydroxyl groups excluding tert-OH is 1. The lowest BCUT2D eigenvalue weighted by Crippen LogP contribution is -2.11. The zero-order chi connectivity index (χ0) is 20.3. The third-order valence-corrected chi connectivity index (χ3v) is 6.74. The Morgan fingerprint density at radius 3 is 1.81 bits per heavy atom. The van der Waals surface area contributed by atoms with Crippen molar-refractivity contribution < 1.29 is 9.32 Å². The summed E-state index contributed by atoms with van der Waals surface area (Å²) in [6, 6.07) is 12.1. The topological polar surface area (TPSA) is 37.3 Å². The molecule has 0 saturated carbocycles. The highest BCUT2D eigenvalue weighted by molar-refractivity contribution is 7.85. The van der Waals surface area contributed by atoms with Crippen LogP contribution in [0.2, 0.25) is 0 Å². The van der Waals surface area contributed by atoms with E-state index in [0.29, 0.717) is 12.3 Å². The molecule has 1 N–H and O–H groups in total. The quantitative estimate of drug-likeness (QED) is 0.577. The van der Waals surface area contributed by atoms with Crippen molar-refractivity contribution in [2.45, 2.75) is 88.5 Å². The fourth-order valence-corrected chi connectivity index (χ4v) is 5.22. The summed E-state index contributed by atoms with van der Waals surface area (Å²) in [4.78, 5) is 1.66. The van der Waals surface area contributed by atoms with E-state index in [-0.39, 0.29) is 11.8 Å². The molecule has 27 heavy (non-hydrogen) atoms. The highest BCUT2D eigenvalue weighted by Crippen LogP contribution is 2.37. The van der Waals surface area contributed by atoms with Crippen LogP contribution in [0, 0.1) is 0 Å². The van der Waals surface area contributed by atoms with Crippen molar-refractivity contribution in [2.24, 2.45) is 0 Å². The first-order valence-electron chi connectivity index (χ1n) is 10.0. The molecule has 0 aliphatic carbocycles. The monoisotopic (exact) mass is 386 g/mol. The minimum absolute atomic E-state index is 0.281.